The van der Waals surface area contributed by atoms with Gasteiger partial charge in [-0.1, -0.05) is 35.9 Å². The molecule has 1 heterocycles. The second-order valence-corrected chi connectivity index (χ2v) is 9.65. The highest BCUT2D eigenvalue weighted by Gasteiger charge is 2.22. The van der Waals surface area contributed by atoms with E-state index in [2.05, 4.69) is 35.8 Å². The van der Waals surface area contributed by atoms with Crippen molar-refractivity contribution in [2.75, 3.05) is 50.8 Å². The Morgan fingerprint density at radius 2 is 1.79 bits per heavy atom. The molecule has 2 aliphatic rings. The quantitative estimate of drug-likeness (QED) is 0.620. The molecule has 1 saturated heterocycles. The number of rotatable bonds is 7. The predicted molar refractivity (Wildman–Crippen MR) is 134 cm³/mol. The second kappa shape index (κ2) is 11.0. The number of piperazine rings is 1. The number of aliphatic hydroxyl groups is 1. The Bertz CT molecular complexity index is 1000. The van der Waals surface area contributed by atoms with E-state index in [-0.39, 0.29) is 12.4 Å². The molecule has 0 saturated carbocycles. The number of para-hydroxylation sites is 1. The zero-order valence-corrected chi connectivity index (χ0v) is 20.4. The summed E-state index contributed by atoms with van der Waals surface area (Å²) in [4.78, 5) is 4.28. The standard InChI is InChI=1S/C27H34ClFN2O2/c1-19-14-21-6-5-7-22(27(28)24(21)15-20(19)2)17-33-18-23(32)16-30-10-12-31(13-11-30)26-9-4-3-8-25(26)29/h3-4,8-9,14-15,23,32H,5-7,10-13,16-18H2,1-2H3. The Morgan fingerprint density at radius 3 is 2.55 bits per heavy atom. The van der Waals surface area contributed by atoms with Crippen molar-refractivity contribution in [3.8, 4) is 0 Å². The predicted octanol–water partition coefficient (Wildman–Crippen LogP) is 4.93. The van der Waals surface area contributed by atoms with E-state index in [1.54, 1.807) is 6.07 Å². The highest BCUT2D eigenvalue weighted by molar-refractivity contribution is 6.49. The van der Waals surface area contributed by atoms with Crippen LogP contribution in [0.15, 0.2) is 42.0 Å². The van der Waals surface area contributed by atoms with Gasteiger partial charge in [0.25, 0.3) is 0 Å². The van der Waals surface area contributed by atoms with Crippen LogP contribution in [0.5, 0.6) is 0 Å². The minimum Gasteiger partial charge on any atom is -0.389 e. The Morgan fingerprint density at radius 1 is 1.06 bits per heavy atom. The zero-order valence-electron chi connectivity index (χ0n) is 19.6. The van der Waals surface area contributed by atoms with E-state index in [0.717, 1.165) is 61.6 Å². The highest BCUT2D eigenvalue weighted by atomic mass is 35.5. The van der Waals surface area contributed by atoms with Crippen molar-refractivity contribution in [3.63, 3.8) is 0 Å². The number of hydrogen-bond donors (Lipinski definition) is 1. The third-order valence-corrected chi connectivity index (χ3v) is 7.28. The first-order valence-electron chi connectivity index (χ1n) is 11.9. The van der Waals surface area contributed by atoms with Crippen molar-refractivity contribution in [1.82, 2.24) is 4.90 Å². The van der Waals surface area contributed by atoms with E-state index in [1.165, 1.54) is 22.8 Å². The molecule has 2 aromatic rings. The molecule has 1 atom stereocenters. The zero-order chi connectivity index (χ0) is 23.4. The molecule has 33 heavy (non-hydrogen) atoms. The third-order valence-electron chi connectivity index (χ3n) is 6.81. The summed E-state index contributed by atoms with van der Waals surface area (Å²) in [6.45, 7) is 8.61. The summed E-state index contributed by atoms with van der Waals surface area (Å²) in [5, 5.41) is 11.3. The van der Waals surface area contributed by atoms with Gasteiger partial charge in [0.2, 0.25) is 0 Å². The van der Waals surface area contributed by atoms with Crippen LogP contribution in [0.25, 0.3) is 5.03 Å². The highest BCUT2D eigenvalue weighted by Crippen LogP contribution is 2.34. The van der Waals surface area contributed by atoms with Crippen LogP contribution in [-0.4, -0.2) is 62.0 Å². The molecule has 1 aliphatic heterocycles. The molecule has 0 radical (unpaired) electrons. The first kappa shape index (κ1) is 24.2. The Labute approximate surface area is 201 Å². The third kappa shape index (κ3) is 5.96. The van der Waals surface area contributed by atoms with Crippen molar-refractivity contribution in [2.24, 2.45) is 0 Å². The van der Waals surface area contributed by atoms with Crippen LogP contribution >= 0.6 is 11.6 Å². The summed E-state index contributed by atoms with van der Waals surface area (Å²) < 4.78 is 19.9. The topological polar surface area (TPSA) is 35.9 Å². The van der Waals surface area contributed by atoms with Crippen LogP contribution in [0.2, 0.25) is 0 Å². The van der Waals surface area contributed by atoms with Gasteiger partial charge in [-0.05, 0) is 73.1 Å². The molecule has 1 N–H and O–H groups in total. The van der Waals surface area contributed by atoms with Crippen LogP contribution in [0.1, 0.15) is 35.1 Å². The van der Waals surface area contributed by atoms with E-state index in [1.807, 2.05) is 12.1 Å². The van der Waals surface area contributed by atoms with Gasteiger partial charge in [-0.3, -0.25) is 4.90 Å². The molecule has 1 aliphatic carbocycles. The lowest BCUT2D eigenvalue weighted by Gasteiger charge is -2.37. The van der Waals surface area contributed by atoms with Crippen molar-refractivity contribution >= 4 is 22.3 Å². The maximum absolute atomic E-state index is 14.0. The van der Waals surface area contributed by atoms with Gasteiger partial charge in [0, 0.05) is 37.8 Å². The van der Waals surface area contributed by atoms with Gasteiger partial charge in [-0.25, -0.2) is 4.39 Å². The van der Waals surface area contributed by atoms with Gasteiger partial charge in [0.15, 0.2) is 0 Å². The molecule has 178 valence electrons. The number of aryl methyl sites for hydroxylation is 3. The lowest BCUT2D eigenvalue weighted by atomic mass is 9.98. The van der Waals surface area contributed by atoms with Crippen LogP contribution in [-0.2, 0) is 11.2 Å². The van der Waals surface area contributed by atoms with Crippen molar-refractivity contribution < 1.29 is 14.2 Å². The number of β-amino-alcohol motifs (C(OH)–C–C–N with tert-alkyl or cyclic N) is 1. The summed E-state index contributed by atoms with van der Waals surface area (Å²) in [5.74, 6) is -0.182. The van der Waals surface area contributed by atoms with Gasteiger partial charge in [0.05, 0.1) is 25.0 Å². The number of ether oxygens (including phenoxy) is 1. The fourth-order valence-corrected chi connectivity index (χ4v) is 5.09. The largest absolute Gasteiger partial charge is 0.389 e. The number of aliphatic hydroxyl groups excluding tert-OH is 1. The Balaban J connectivity index is 1.25. The van der Waals surface area contributed by atoms with Crippen LogP contribution < -0.4 is 4.90 Å². The number of anilines is 1. The molecule has 4 rings (SSSR count). The molecule has 0 bridgehead atoms. The smallest absolute Gasteiger partial charge is 0.146 e. The van der Waals surface area contributed by atoms with Crippen LogP contribution in [0, 0.1) is 19.7 Å². The molecule has 6 heteroatoms. The van der Waals surface area contributed by atoms with Gasteiger partial charge in [-0.15, -0.1) is 0 Å². The van der Waals surface area contributed by atoms with Gasteiger partial charge >= 0.3 is 0 Å². The normalized spacial score (nSPS) is 18.3. The maximum atomic E-state index is 14.0. The molecule has 1 unspecified atom stereocenters. The lowest BCUT2D eigenvalue weighted by molar-refractivity contribution is 0.0229. The summed E-state index contributed by atoms with van der Waals surface area (Å²) in [6, 6.07) is 11.3. The summed E-state index contributed by atoms with van der Waals surface area (Å²) in [6.07, 6.45) is 2.43. The monoisotopic (exact) mass is 472 g/mol. The SMILES string of the molecule is Cc1cc2c(cc1C)C(Cl)=C(COCC(O)CN1CCN(c3ccccc3F)CC1)CCC2. The van der Waals surface area contributed by atoms with E-state index >= 15 is 0 Å². The maximum Gasteiger partial charge on any atom is 0.146 e. The molecule has 2 aromatic carbocycles. The summed E-state index contributed by atoms with van der Waals surface area (Å²) >= 11 is 6.79. The van der Waals surface area contributed by atoms with Crippen LogP contribution in [0.4, 0.5) is 10.1 Å². The fourth-order valence-electron chi connectivity index (χ4n) is 4.76. The van der Waals surface area contributed by atoms with E-state index in [0.29, 0.717) is 18.8 Å². The number of fused-ring (bicyclic) bond motifs is 1. The molecule has 0 aromatic heterocycles. The molecule has 4 nitrogen and oxygen atoms in total. The molecular weight excluding hydrogens is 439 g/mol. The second-order valence-electron chi connectivity index (χ2n) is 9.27. The minimum atomic E-state index is -0.563. The molecule has 0 amide bonds. The van der Waals surface area contributed by atoms with Crippen LogP contribution in [0.3, 0.4) is 0 Å². The summed E-state index contributed by atoms with van der Waals surface area (Å²) in [7, 11) is 0. The van der Waals surface area contributed by atoms with Gasteiger partial charge in [0.1, 0.15) is 5.82 Å². The number of hydrogen-bond acceptors (Lipinski definition) is 4. The van der Waals surface area contributed by atoms with E-state index < -0.39 is 6.10 Å². The van der Waals surface area contributed by atoms with Crippen molar-refractivity contribution in [3.05, 3.63) is 70.0 Å². The molecule has 0 spiro atoms. The average Bonchev–Trinajstić information content (AvgIpc) is 2.94. The number of benzene rings is 2. The Hall–Kier alpha value is -1.92. The average molecular weight is 473 g/mol. The Kier molecular flexibility index (Phi) is 8.07. The van der Waals surface area contributed by atoms with E-state index in [9.17, 15) is 9.50 Å². The number of nitrogens with zero attached hydrogens (tertiary/aromatic N) is 2. The minimum absolute atomic E-state index is 0.182. The lowest BCUT2D eigenvalue weighted by Crippen LogP contribution is -2.49. The fraction of sp³-hybridized carbons (Fsp3) is 0.481. The first-order valence-corrected chi connectivity index (χ1v) is 12.3. The van der Waals surface area contributed by atoms with Gasteiger partial charge in [-0.2, -0.15) is 0 Å². The van der Waals surface area contributed by atoms with Gasteiger partial charge < -0.3 is 14.7 Å². The molecular formula is C27H34ClFN2O2. The van der Waals surface area contributed by atoms with Crippen molar-refractivity contribution in [1.29, 1.82) is 0 Å². The van der Waals surface area contributed by atoms with E-state index in [4.69, 9.17) is 16.3 Å². The summed E-state index contributed by atoms with van der Waals surface area (Å²) in [5.41, 5.74) is 6.76. The molecule has 1 fully saturated rings. The number of halogens is 2. The first-order chi connectivity index (χ1) is 15.9. The van der Waals surface area contributed by atoms with Crippen molar-refractivity contribution in [2.45, 2.75) is 39.2 Å².